The van der Waals surface area contributed by atoms with E-state index in [0.717, 1.165) is 28.2 Å². The normalized spacial score (nSPS) is 11.4. The molecule has 0 aliphatic rings. The van der Waals surface area contributed by atoms with E-state index in [-0.39, 0.29) is 0 Å². The molecule has 3 aromatic rings. The van der Waals surface area contributed by atoms with Crippen molar-refractivity contribution >= 4 is 28.5 Å². The van der Waals surface area contributed by atoms with Gasteiger partial charge in [0, 0.05) is 11.5 Å². The number of benzene rings is 1. The quantitative estimate of drug-likeness (QED) is 0.736. The standard InChI is InChI=1S/C14H11N3O3/c1-20-10-3-6-12-9(8-10)2-5-13-11(4-7-14(18)19)15-16-17(12)13/h2-8H,1H3,(H,18,19). The van der Waals surface area contributed by atoms with Gasteiger partial charge in [-0.25, -0.2) is 9.31 Å². The van der Waals surface area contributed by atoms with Crippen molar-refractivity contribution in [3.63, 3.8) is 0 Å². The van der Waals surface area contributed by atoms with Crippen LogP contribution in [-0.4, -0.2) is 33.0 Å². The molecule has 6 nitrogen and oxygen atoms in total. The van der Waals surface area contributed by atoms with Gasteiger partial charge in [0.2, 0.25) is 0 Å². The molecule has 3 rings (SSSR count). The third-order valence-electron chi connectivity index (χ3n) is 3.00. The lowest BCUT2D eigenvalue weighted by Crippen LogP contribution is -1.91. The SMILES string of the molecule is COc1ccc2c(ccc3c(C=CC(=O)O)nnn32)c1. The Morgan fingerprint density at radius 2 is 2.10 bits per heavy atom. The lowest BCUT2D eigenvalue weighted by Gasteiger charge is -2.03. The molecule has 0 radical (unpaired) electrons. The summed E-state index contributed by atoms with van der Waals surface area (Å²) in [5.74, 6) is -0.250. The number of aliphatic carboxylic acids is 1. The molecule has 0 saturated heterocycles. The summed E-state index contributed by atoms with van der Waals surface area (Å²) in [6.45, 7) is 0. The van der Waals surface area contributed by atoms with Crippen LogP contribution in [0.5, 0.6) is 5.75 Å². The molecule has 20 heavy (non-hydrogen) atoms. The second-order valence-electron chi connectivity index (χ2n) is 4.20. The summed E-state index contributed by atoms with van der Waals surface area (Å²) < 4.78 is 6.86. The molecule has 0 fully saturated rings. The van der Waals surface area contributed by atoms with Gasteiger partial charge in [0.1, 0.15) is 11.4 Å². The van der Waals surface area contributed by atoms with Crippen molar-refractivity contribution < 1.29 is 14.6 Å². The van der Waals surface area contributed by atoms with E-state index < -0.39 is 5.97 Å². The number of carboxylic acid groups (broad SMARTS) is 1. The van der Waals surface area contributed by atoms with E-state index in [1.807, 2.05) is 30.3 Å². The minimum Gasteiger partial charge on any atom is -0.497 e. The first-order valence-electron chi connectivity index (χ1n) is 5.92. The van der Waals surface area contributed by atoms with E-state index in [1.54, 1.807) is 11.6 Å². The Hall–Kier alpha value is -2.89. The van der Waals surface area contributed by atoms with Gasteiger partial charge in [-0.1, -0.05) is 11.3 Å². The van der Waals surface area contributed by atoms with E-state index in [9.17, 15) is 4.79 Å². The zero-order chi connectivity index (χ0) is 14.1. The number of rotatable bonds is 3. The van der Waals surface area contributed by atoms with Crippen molar-refractivity contribution in [2.24, 2.45) is 0 Å². The van der Waals surface area contributed by atoms with E-state index in [0.29, 0.717) is 5.69 Å². The molecule has 0 atom stereocenters. The monoisotopic (exact) mass is 269 g/mol. The molecule has 0 aliphatic heterocycles. The van der Waals surface area contributed by atoms with E-state index >= 15 is 0 Å². The number of carboxylic acids is 1. The number of fused-ring (bicyclic) bond motifs is 3. The van der Waals surface area contributed by atoms with Gasteiger partial charge in [-0.3, -0.25) is 0 Å². The number of ether oxygens (including phenoxy) is 1. The second kappa shape index (κ2) is 4.65. The third kappa shape index (κ3) is 1.97. The van der Waals surface area contributed by atoms with Crippen LogP contribution in [0, 0.1) is 0 Å². The molecular weight excluding hydrogens is 258 g/mol. The van der Waals surface area contributed by atoms with Gasteiger partial charge in [0.15, 0.2) is 0 Å². The van der Waals surface area contributed by atoms with Crippen molar-refractivity contribution in [1.82, 2.24) is 14.8 Å². The minimum absolute atomic E-state index is 0.519. The Balaban J connectivity index is 2.21. The highest BCUT2D eigenvalue weighted by molar-refractivity contribution is 5.89. The Labute approximate surface area is 113 Å². The van der Waals surface area contributed by atoms with Crippen molar-refractivity contribution in [2.45, 2.75) is 0 Å². The Morgan fingerprint density at radius 1 is 1.30 bits per heavy atom. The first-order chi connectivity index (χ1) is 9.69. The van der Waals surface area contributed by atoms with Crippen LogP contribution in [-0.2, 0) is 4.79 Å². The van der Waals surface area contributed by atoms with Crippen LogP contribution in [0.25, 0.3) is 22.5 Å². The lowest BCUT2D eigenvalue weighted by atomic mass is 10.2. The highest BCUT2D eigenvalue weighted by Gasteiger charge is 2.07. The molecular formula is C14H11N3O3. The number of methoxy groups -OCH3 is 1. The molecule has 0 amide bonds. The predicted molar refractivity (Wildman–Crippen MR) is 73.7 cm³/mol. The van der Waals surface area contributed by atoms with Crippen LogP contribution in [0.4, 0.5) is 0 Å². The average molecular weight is 269 g/mol. The summed E-state index contributed by atoms with van der Waals surface area (Å²) >= 11 is 0. The molecule has 0 bridgehead atoms. The molecule has 0 saturated carbocycles. The number of pyridine rings is 1. The van der Waals surface area contributed by atoms with Crippen LogP contribution < -0.4 is 4.74 Å². The topological polar surface area (TPSA) is 76.7 Å². The van der Waals surface area contributed by atoms with Crippen LogP contribution in [0.15, 0.2) is 36.4 Å². The second-order valence-corrected chi connectivity index (χ2v) is 4.20. The lowest BCUT2D eigenvalue weighted by molar-refractivity contribution is -0.131. The van der Waals surface area contributed by atoms with Crippen molar-refractivity contribution in [3.05, 3.63) is 42.1 Å². The van der Waals surface area contributed by atoms with Crippen molar-refractivity contribution in [2.75, 3.05) is 7.11 Å². The Morgan fingerprint density at radius 3 is 2.85 bits per heavy atom. The maximum Gasteiger partial charge on any atom is 0.328 e. The van der Waals surface area contributed by atoms with Crippen LogP contribution in [0.2, 0.25) is 0 Å². The van der Waals surface area contributed by atoms with Gasteiger partial charge in [0.05, 0.1) is 18.1 Å². The smallest absolute Gasteiger partial charge is 0.328 e. The first-order valence-corrected chi connectivity index (χ1v) is 5.92. The van der Waals surface area contributed by atoms with Crippen LogP contribution in [0.3, 0.4) is 0 Å². The van der Waals surface area contributed by atoms with Crippen molar-refractivity contribution in [1.29, 1.82) is 0 Å². The maximum atomic E-state index is 10.6. The van der Waals surface area contributed by atoms with Gasteiger partial charge in [0.25, 0.3) is 0 Å². The summed E-state index contributed by atoms with van der Waals surface area (Å²) in [7, 11) is 1.62. The average Bonchev–Trinajstić information content (AvgIpc) is 2.87. The van der Waals surface area contributed by atoms with Crippen molar-refractivity contribution in [3.8, 4) is 5.75 Å². The zero-order valence-corrected chi connectivity index (χ0v) is 10.6. The molecule has 0 spiro atoms. The Bertz CT molecular complexity index is 836. The largest absolute Gasteiger partial charge is 0.497 e. The fraction of sp³-hybridized carbons (Fsp3) is 0.0714. The summed E-state index contributed by atoms with van der Waals surface area (Å²) in [6.07, 6.45) is 2.47. The fourth-order valence-corrected chi connectivity index (χ4v) is 2.06. The highest BCUT2D eigenvalue weighted by Crippen LogP contribution is 2.23. The predicted octanol–water partition coefficient (Wildman–Crippen LogP) is 1.99. The minimum atomic E-state index is -1.02. The molecule has 0 unspecified atom stereocenters. The zero-order valence-electron chi connectivity index (χ0n) is 10.6. The van der Waals surface area contributed by atoms with Gasteiger partial charge in [-0.2, -0.15) is 0 Å². The van der Waals surface area contributed by atoms with Gasteiger partial charge in [-0.15, -0.1) is 5.10 Å². The number of carbonyl (C=O) groups is 1. The van der Waals surface area contributed by atoms with Gasteiger partial charge < -0.3 is 9.84 Å². The van der Waals surface area contributed by atoms with Gasteiger partial charge in [-0.05, 0) is 30.3 Å². The first kappa shape index (κ1) is 12.2. The number of hydrogen-bond donors (Lipinski definition) is 1. The summed E-state index contributed by atoms with van der Waals surface area (Å²) in [6, 6.07) is 9.41. The number of hydrogen-bond acceptors (Lipinski definition) is 4. The van der Waals surface area contributed by atoms with Crippen LogP contribution >= 0.6 is 0 Å². The van der Waals surface area contributed by atoms with Crippen LogP contribution in [0.1, 0.15) is 5.69 Å². The molecule has 1 N–H and O–H groups in total. The summed E-state index contributed by atoms with van der Waals surface area (Å²) in [4.78, 5) is 10.6. The molecule has 2 heterocycles. The maximum absolute atomic E-state index is 10.6. The molecule has 100 valence electrons. The van der Waals surface area contributed by atoms with Gasteiger partial charge >= 0.3 is 5.97 Å². The summed E-state index contributed by atoms with van der Waals surface area (Å²) in [5.41, 5.74) is 2.15. The van der Waals surface area contributed by atoms with E-state index in [2.05, 4.69) is 10.3 Å². The fourth-order valence-electron chi connectivity index (χ4n) is 2.06. The molecule has 1 aromatic carbocycles. The Kier molecular flexibility index (Phi) is 2.83. The molecule has 2 aromatic heterocycles. The van der Waals surface area contributed by atoms with E-state index in [1.165, 1.54) is 6.08 Å². The number of aromatic nitrogens is 3. The third-order valence-corrected chi connectivity index (χ3v) is 3.00. The molecule has 0 aliphatic carbocycles. The molecule has 6 heteroatoms. The van der Waals surface area contributed by atoms with E-state index in [4.69, 9.17) is 9.84 Å². The number of nitrogens with zero attached hydrogens (tertiary/aromatic N) is 3. The highest BCUT2D eigenvalue weighted by atomic mass is 16.5. The summed E-state index contributed by atoms with van der Waals surface area (Å²) in [5, 5.41) is 17.7.